The standard InChI is InChI=1S/C30H26N2O4S/c1-20-8-12-23(13-9-20)29(33)28-26-18-24(32-37(34,35)25-15-10-21(2)11-16-25)14-17-27(26)36-30(28)31-19-22-6-4-3-5-7-22/h3-18,31-32H,19H2,1-2H3. The number of carbonyl (C=O) groups is 1. The van der Waals surface area contributed by atoms with Gasteiger partial charge in [0.1, 0.15) is 5.58 Å². The van der Waals surface area contributed by atoms with Crippen molar-refractivity contribution in [1.29, 1.82) is 0 Å². The second kappa shape index (κ2) is 9.95. The van der Waals surface area contributed by atoms with Crippen LogP contribution in [0.15, 0.2) is 106 Å². The summed E-state index contributed by atoms with van der Waals surface area (Å²) in [5.41, 5.74) is 4.72. The Morgan fingerprint density at radius 2 is 1.46 bits per heavy atom. The molecule has 7 heteroatoms. The highest BCUT2D eigenvalue weighted by molar-refractivity contribution is 7.92. The Balaban J connectivity index is 1.55. The SMILES string of the molecule is Cc1ccc(C(=O)c2c(NCc3ccccc3)oc3ccc(NS(=O)(=O)c4ccc(C)cc4)cc23)cc1. The maximum atomic E-state index is 13.7. The van der Waals surface area contributed by atoms with Crippen molar-refractivity contribution in [2.45, 2.75) is 25.3 Å². The first-order valence-corrected chi connectivity index (χ1v) is 13.3. The zero-order valence-electron chi connectivity index (χ0n) is 20.5. The van der Waals surface area contributed by atoms with Crippen LogP contribution in [-0.2, 0) is 16.6 Å². The van der Waals surface area contributed by atoms with Gasteiger partial charge in [0.2, 0.25) is 5.88 Å². The molecule has 37 heavy (non-hydrogen) atoms. The summed E-state index contributed by atoms with van der Waals surface area (Å²) < 4.78 is 34.6. The number of carbonyl (C=O) groups excluding carboxylic acids is 1. The molecule has 1 heterocycles. The van der Waals surface area contributed by atoms with E-state index in [2.05, 4.69) is 10.0 Å². The topological polar surface area (TPSA) is 88.4 Å². The van der Waals surface area contributed by atoms with Gasteiger partial charge in [0.15, 0.2) is 5.78 Å². The van der Waals surface area contributed by atoms with Crippen LogP contribution in [0.3, 0.4) is 0 Å². The number of aryl methyl sites for hydroxylation is 2. The van der Waals surface area contributed by atoms with Crippen molar-refractivity contribution in [3.63, 3.8) is 0 Å². The molecule has 0 bridgehead atoms. The molecule has 0 aliphatic carbocycles. The Morgan fingerprint density at radius 3 is 2.14 bits per heavy atom. The molecule has 5 rings (SSSR count). The number of nitrogens with one attached hydrogen (secondary N) is 2. The van der Waals surface area contributed by atoms with Crippen LogP contribution in [0, 0.1) is 13.8 Å². The summed E-state index contributed by atoms with van der Waals surface area (Å²) in [4.78, 5) is 13.8. The van der Waals surface area contributed by atoms with Crippen LogP contribution in [0.4, 0.5) is 11.6 Å². The Kier molecular flexibility index (Phi) is 6.54. The van der Waals surface area contributed by atoms with E-state index in [1.54, 1.807) is 54.6 Å². The third kappa shape index (κ3) is 5.27. The van der Waals surface area contributed by atoms with Crippen molar-refractivity contribution in [2.24, 2.45) is 0 Å². The molecular weight excluding hydrogens is 484 g/mol. The molecule has 0 radical (unpaired) electrons. The lowest BCUT2D eigenvalue weighted by Crippen LogP contribution is -2.13. The third-order valence-corrected chi connectivity index (χ3v) is 7.51. The first-order chi connectivity index (χ1) is 17.8. The van der Waals surface area contributed by atoms with E-state index in [-0.39, 0.29) is 10.7 Å². The van der Waals surface area contributed by atoms with E-state index < -0.39 is 10.0 Å². The third-order valence-electron chi connectivity index (χ3n) is 6.11. The van der Waals surface area contributed by atoms with Gasteiger partial charge in [-0.3, -0.25) is 9.52 Å². The van der Waals surface area contributed by atoms with Crippen molar-refractivity contribution < 1.29 is 17.6 Å². The molecule has 0 spiro atoms. The lowest BCUT2D eigenvalue weighted by Gasteiger charge is -2.09. The molecule has 0 saturated carbocycles. The van der Waals surface area contributed by atoms with Gasteiger partial charge in [0, 0.05) is 23.2 Å². The van der Waals surface area contributed by atoms with Crippen LogP contribution in [-0.4, -0.2) is 14.2 Å². The first-order valence-electron chi connectivity index (χ1n) is 11.9. The summed E-state index contributed by atoms with van der Waals surface area (Å²) in [7, 11) is -3.81. The number of fused-ring (bicyclic) bond motifs is 1. The molecule has 1 aromatic heterocycles. The quantitative estimate of drug-likeness (QED) is 0.227. The molecule has 0 atom stereocenters. The lowest BCUT2D eigenvalue weighted by atomic mass is 10.0. The van der Waals surface area contributed by atoms with Gasteiger partial charge in [-0.2, -0.15) is 0 Å². The van der Waals surface area contributed by atoms with E-state index in [1.807, 2.05) is 56.3 Å². The largest absolute Gasteiger partial charge is 0.440 e. The van der Waals surface area contributed by atoms with Gasteiger partial charge in [0.05, 0.1) is 10.5 Å². The molecule has 6 nitrogen and oxygen atoms in total. The van der Waals surface area contributed by atoms with Crippen molar-refractivity contribution in [3.8, 4) is 0 Å². The number of anilines is 2. The monoisotopic (exact) mass is 510 g/mol. The fraction of sp³-hybridized carbons (Fsp3) is 0.100. The predicted molar refractivity (Wildman–Crippen MR) is 147 cm³/mol. The minimum absolute atomic E-state index is 0.159. The molecule has 0 fully saturated rings. The maximum Gasteiger partial charge on any atom is 0.261 e. The van der Waals surface area contributed by atoms with Gasteiger partial charge >= 0.3 is 0 Å². The van der Waals surface area contributed by atoms with Crippen LogP contribution in [0.25, 0.3) is 11.0 Å². The van der Waals surface area contributed by atoms with Gasteiger partial charge in [-0.25, -0.2) is 8.42 Å². The second-order valence-electron chi connectivity index (χ2n) is 8.97. The van der Waals surface area contributed by atoms with Crippen molar-refractivity contribution >= 4 is 38.3 Å². The summed E-state index contributed by atoms with van der Waals surface area (Å²) >= 11 is 0. The van der Waals surface area contributed by atoms with Crippen LogP contribution < -0.4 is 10.0 Å². The number of sulfonamides is 1. The highest BCUT2D eigenvalue weighted by atomic mass is 32.2. The zero-order valence-corrected chi connectivity index (χ0v) is 21.3. The van der Waals surface area contributed by atoms with Crippen LogP contribution >= 0.6 is 0 Å². The highest BCUT2D eigenvalue weighted by Gasteiger charge is 2.23. The average molecular weight is 511 g/mol. The minimum atomic E-state index is -3.81. The summed E-state index contributed by atoms with van der Waals surface area (Å²) in [6.07, 6.45) is 0. The number of furan rings is 1. The van der Waals surface area contributed by atoms with Crippen molar-refractivity contribution in [3.05, 3.63) is 125 Å². The van der Waals surface area contributed by atoms with Gasteiger partial charge in [-0.15, -0.1) is 0 Å². The zero-order chi connectivity index (χ0) is 26.0. The molecule has 5 aromatic rings. The van der Waals surface area contributed by atoms with E-state index in [4.69, 9.17) is 4.42 Å². The summed E-state index contributed by atoms with van der Waals surface area (Å²) in [6, 6.07) is 28.7. The molecular formula is C30H26N2O4S. The van der Waals surface area contributed by atoms with E-state index in [0.717, 1.165) is 16.7 Å². The molecule has 0 unspecified atom stereocenters. The summed E-state index contributed by atoms with van der Waals surface area (Å²) in [6.45, 7) is 4.31. The highest BCUT2D eigenvalue weighted by Crippen LogP contribution is 2.35. The number of ketones is 1. The van der Waals surface area contributed by atoms with Crippen molar-refractivity contribution in [1.82, 2.24) is 0 Å². The molecule has 0 saturated heterocycles. The summed E-state index contributed by atoms with van der Waals surface area (Å²) in [5.74, 6) is 0.121. The average Bonchev–Trinajstić information content (AvgIpc) is 3.25. The number of rotatable bonds is 8. The van der Waals surface area contributed by atoms with E-state index in [9.17, 15) is 13.2 Å². The molecule has 2 N–H and O–H groups in total. The number of hydrogen-bond acceptors (Lipinski definition) is 5. The summed E-state index contributed by atoms with van der Waals surface area (Å²) in [5, 5.41) is 3.77. The van der Waals surface area contributed by atoms with Crippen molar-refractivity contribution in [2.75, 3.05) is 10.0 Å². The number of benzene rings is 4. The van der Waals surface area contributed by atoms with Crippen LogP contribution in [0.5, 0.6) is 0 Å². The fourth-order valence-electron chi connectivity index (χ4n) is 4.07. The van der Waals surface area contributed by atoms with Gasteiger partial charge in [0.25, 0.3) is 10.0 Å². The molecule has 4 aromatic carbocycles. The Bertz CT molecular complexity index is 1670. The maximum absolute atomic E-state index is 13.7. The smallest absolute Gasteiger partial charge is 0.261 e. The van der Waals surface area contributed by atoms with Gasteiger partial charge in [-0.05, 0) is 49.7 Å². The van der Waals surface area contributed by atoms with Gasteiger partial charge < -0.3 is 9.73 Å². The Morgan fingerprint density at radius 1 is 0.811 bits per heavy atom. The first kappa shape index (κ1) is 24.3. The lowest BCUT2D eigenvalue weighted by molar-refractivity contribution is 0.104. The molecule has 0 aliphatic rings. The minimum Gasteiger partial charge on any atom is -0.440 e. The van der Waals surface area contributed by atoms with E-state index >= 15 is 0 Å². The predicted octanol–water partition coefficient (Wildman–Crippen LogP) is 6.69. The molecule has 0 amide bonds. The fourth-order valence-corrected chi connectivity index (χ4v) is 5.12. The van der Waals surface area contributed by atoms with E-state index in [1.165, 1.54) is 0 Å². The molecule has 186 valence electrons. The van der Waals surface area contributed by atoms with E-state index in [0.29, 0.717) is 40.2 Å². The number of hydrogen-bond donors (Lipinski definition) is 2. The second-order valence-corrected chi connectivity index (χ2v) is 10.7. The van der Waals surface area contributed by atoms with Crippen LogP contribution in [0.1, 0.15) is 32.6 Å². The van der Waals surface area contributed by atoms with Crippen LogP contribution in [0.2, 0.25) is 0 Å². The Hall–Kier alpha value is -4.36. The molecule has 0 aliphatic heterocycles. The van der Waals surface area contributed by atoms with Gasteiger partial charge in [-0.1, -0.05) is 77.9 Å². The Labute approximate surface area is 216 Å². The normalized spacial score (nSPS) is 11.4.